The number of rotatable bonds is 3. The number of pyridine rings is 1. The van der Waals surface area contributed by atoms with E-state index in [2.05, 4.69) is 27.0 Å². The molecule has 4 aromatic rings. The molecule has 2 fully saturated rings. The molecule has 6 nitrogen and oxygen atoms in total. The molecule has 3 aliphatic heterocycles. The number of fused-ring (bicyclic) bond motifs is 4. The Balaban J connectivity index is 1.27. The lowest BCUT2D eigenvalue weighted by Crippen LogP contribution is -2.64. The monoisotopic (exact) mass is 495 g/mol. The number of esters is 1. The van der Waals surface area contributed by atoms with Crippen molar-refractivity contribution in [3.05, 3.63) is 71.0 Å². The van der Waals surface area contributed by atoms with Crippen molar-refractivity contribution in [2.75, 3.05) is 13.1 Å². The van der Waals surface area contributed by atoms with Crippen molar-refractivity contribution in [2.45, 2.75) is 64.2 Å². The Hall–Kier alpha value is -3.38. The molecule has 3 unspecified atom stereocenters. The third kappa shape index (κ3) is 3.49. The molecule has 3 aliphatic rings. The molecule has 5 heterocycles. The predicted octanol–water partition coefficient (Wildman–Crippen LogP) is 6.47. The van der Waals surface area contributed by atoms with E-state index in [1.165, 1.54) is 25.7 Å². The number of benzene rings is 2. The van der Waals surface area contributed by atoms with E-state index in [1.807, 2.05) is 44.2 Å². The summed E-state index contributed by atoms with van der Waals surface area (Å²) in [6.07, 6.45) is 8.24. The molecule has 0 bridgehead atoms. The summed E-state index contributed by atoms with van der Waals surface area (Å²) in [5.74, 6) is 1.08. The van der Waals surface area contributed by atoms with Gasteiger partial charge in [-0.3, -0.25) is 9.88 Å². The fraction of sp³-hybridized carbons (Fsp3) is 0.419. The van der Waals surface area contributed by atoms with Gasteiger partial charge in [0.1, 0.15) is 11.9 Å². The molecule has 0 amide bonds. The number of aromatic nitrogens is 2. The van der Waals surface area contributed by atoms with Gasteiger partial charge in [0.25, 0.3) is 0 Å². The highest BCUT2D eigenvalue weighted by atomic mass is 16.5. The second kappa shape index (κ2) is 8.59. The van der Waals surface area contributed by atoms with Crippen molar-refractivity contribution in [1.29, 1.82) is 0 Å². The predicted molar refractivity (Wildman–Crippen MR) is 144 cm³/mol. The van der Waals surface area contributed by atoms with Gasteiger partial charge in [-0.1, -0.05) is 18.2 Å². The van der Waals surface area contributed by atoms with Crippen molar-refractivity contribution in [3.8, 4) is 5.75 Å². The highest BCUT2D eigenvalue weighted by Gasteiger charge is 2.52. The van der Waals surface area contributed by atoms with E-state index < -0.39 is 6.10 Å². The van der Waals surface area contributed by atoms with Crippen LogP contribution in [0.1, 0.15) is 72.3 Å². The van der Waals surface area contributed by atoms with Crippen molar-refractivity contribution >= 4 is 27.8 Å². The number of piperidine rings is 2. The first-order valence-electron chi connectivity index (χ1n) is 13.7. The third-order valence-electron chi connectivity index (χ3n) is 8.93. The number of carbonyl (C=O) groups excluding carboxylic acids is 1. The second-order valence-electron chi connectivity index (χ2n) is 11.0. The maximum atomic E-state index is 13.7. The van der Waals surface area contributed by atoms with Crippen molar-refractivity contribution in [3.63, 3.8) is 0 Å². The minimum absolute atomic E-state index is 0.180. The van der Waals surface area contributed by atoms with E-state index in [0.29, 0.717) is 11.5 Å². The number of H-pyrrole nitrogens is 1. The second-order valence-corrected chi connectivity index (χ2v) is 11.0. The number of hydrogen-bond acceptors (Lipinski definition) is 5. The first-order valence-corrected chi connectivity index (χ1v) is 13.7. The highest BCUT2D eigenvalue weighted by Crippen LogP contribution is 2.50. The Kier molecular flexibility index (Phi) is 5.29. The summed E-state index contributed by atoms with van der Waals surface area (Å²) in [5, 5.41) is 1.97. The first kappa shape index (κ1) is 22.8. The van der Waals surface area contributed by atoms with Gasteiger partial charge in [-0.2, -0.15) is 0 Å². The van der Waals surface area contributed by atoms with E-state index >= 15 is 0 Å². The molecule has 3 atom stereocenters. The van der Waals surface area contributed by atoms with E-state index in [1.54, 1.807) is 6.20 Å². The average Bonchev–Trinajstić information content (AvgIpc) is 3.26. The van der Waals surface area contributed by atoms with Crippen LogP contribution in [0.5, 0.6) is 5.75 Å². The molecule has 2 aromatic carbocycles. The Morgan fingerprint density at radius 3 is 2.95 bits per heavy atom. The highest BCUT2D eigenvalue weighted by molar-refractivity contribution is 6.07. The zero-order valence-corrected chi connectivity index (χ0v) is 21.5. The molecule has 0 aliphatic carbocycles. The van der Waals surface area contributed by atoms with E-state index in [0.717, 1.165) is 70.3 Å². The standard InChI is InChI=1S/C31H33N3O3/c1-19-28(30(35)36-20(2)22-13-15-32-25-10-4-3-9-23(22)25)29-24-18-21-8-7-17-34-16-6-5-14-31(21,34)37-27(24)12-11-26(29)33-19/h3-4,9-13,15,20-21,33H,5-8,14,16-18H2,1-2H3. The molecular weight excluding hydrogens is 462 g/mol. The minimum atomic E-state index is -0.405. The number of para-hydroxylation sites is 1. The Morgan fingerprint density at radius 1 is 1.16 bits per heavy atom. The van der Waals surface area contributed by atoms with Crippen LogP contribution in [0.25, 0.3) is 21.8 Å². The van der Waals surface area contributed by atoms with E-state index in [4.69, 9.17) is 9.47 Å². The van der Waals surface area contributed by atoms with Crippen LogP contribution < -0.4 is 4.74 Å². The Morgan fingerprint density at radius 2 is 2.03 bits per heavy atom. The lowest BCUT2D eigenvalue weighted by Gasteiger charge is -2.56. The third-order valence-corrected chi connectivity index (χ3v) is 8.93. The summed E-state index contributed by atoms with van der Waals surface area (Å²) in [4.78, 5) is 24.2. The van der Waals surface area contributed by atoms with Crippen molar-refractivity contribution in [2.24, 2.45) is 5.92 Å². The lowest BCUT2D eigenvalue weighted by molar-refractivity contribution is -0.177. The van der Waals surface area contributed by atoms with Crippen LogP contribution in [0, 0.1) is 12.8 Å². The summed E-state index contributed by atoms with van der Waals surface area (Å²) in [6, 6.07) is 14.1. The summed E-state index contributed by atoms with van der Waals surface area (Å²) in [5.41, 5.74) is 5.27. The lowest BCUT2D eigenvalue weighted by atomic mass is 9.74. The molecule has 1 N–H and O–H groups in total. The topological polar surface area (TPSA) is 67.5 Å². The van der Waals surface area contributed by atoms with Gasteiger partial charge in [0.05, 0.1) is 11.1 Å². The fourth-order valence-electron chi connectivity index (χ4n) is 7.22. The minimum Gasteiger partial charge on any atom is -0.472 e. The molecule has 190 valence electrons. The summed E-state index contributed by atoms with van der Waals surface area (Å²) < 4.78 is 13.1. The van der Waals surface area contributed by atoms with Gasteiger partial charge in [-0.05, 0) is 70.2 Å². The van der Waals surface area contributed by atoms with Gasteiger partial charge >= 0.3 is 5.97 Å². The number of carbonyl (C=O) groups is 1. The van der Waals surface area contributed by atoms with Crippen LogP contribution in [-0.4, -0.2) is 39.7 Å². The molecule has 37 heavy (non-hydrogen) atoms. The molecule has 0 saturated carbocycles. The molecule has 2 saturated heterocycles. The zero-order chi connectivity index (χ0) is 25.1. The Bertz CT molecular complexity index is 1520. The summed E-state index contributed by atoms with van der Waals surface area (Å²) >= 11 is 0. The molecule has 7 rings (SSSR count). The quantitative estimate of drug-likeness (QED) is 0.330. The average molecular weight is 496 g/mol. The van der Waals surface area contributed by atoms with Gasteiger partial charge < -0.3 is 14.5 Å². The Labute approximate surface area is 217 Å². The molecule has 6 heteroatoms. The number of hydrogen-bond donors (Lipinski definition) is 1. The number of ether oxygens (including phenoxy) is 2. The maximum Gasteiger partial charge on any atom is 0.341 e. The smallest absolute Gasteiger partial charge is 0.341 e. The van der Waals surface area contributed by atoms with Crippen LogP contribution in [0.3, 0.4) is 0 Å². The molecule has 0 radical (unpaired) electrons. The van der Waals surface area contributed by atoms with E-state index in [9.17, 15) is 4.79 Å². The number of nitrogens with one attached hydrogen (secondary N) is 1. The zero-order valence-electron chi connectivity index (χ0n) is 21.5. The van der Waals surface area contributed by atoms with Gasteiger partial charge in [0.2, 0.25) is 0 Å². The maximum absolute atomic E-state index is 13.7. The van der Waals surface area contributed by atoms with Crippen molar-refractivity contribution < 1.29 is 14.3 Å². The van der Waals surface area contributed by atoms with Gasteiger partial charge in [0, 0.05) is 64.7 Å². The first-order chi connectivity index (χ1) is 18.0. The largest absolute Gasteiger partial charge is 0.472 e. The molecule has 2 aromatic heterocycles. The molecular formula is C31H33N3O3. The number of nitrogens with zero attached hydrogens (tertiary/aromatic N) is 2. The van der Waals surface area contributed by atoms with Gasteiger partial charge in [-0.15, -0.1) is 0 Å². The number of aryl methyl sites for hydroxylation is 1. The SMILES string of the molecule is Cc1[nH]c2ccc3c(c2c1C(=O)OC(C)c1ccnc2ccccc12)CC1CCCN2CCCCC12O3. The molecule has 1 spiro atoms. The van der Waals surface area contributed by atoms with Gasteiger partial charge in [-0.25, -0.2) is 4.79 Å². The van der Waals surface area contributed by atoms with Crippen LogP contribution in [-0.2, 0) is 11.2 Å². The summed E-state index contributed by atoms with van der Waals surface area (Å²) in [7, 11) is 0. The van der Waals surface area contributed by atoms with Crippen LogP contribution in [0.15, 0.2) is 48.7 Å². The van der Waals surface area contributed by atoms with Crippen LogP contribution in [0.2, 0.25) is 0 Å². The van der Waals surface area contributed by atoms with Crippen LogP contribution in [0.4, 0.5) is 0 Å². The van der Waals surface area contributed by atoms with Crippen molar-refractivity contribution in [1.82, 2.24) is 14.9 Å². The van der Waals surface area contributed by atoms with Crippen LogP contribution >= 0.6 is 0 Å². The van der Waals surface area contributed by atoms with E-state index in [-0.39, 0.29) is 11.7 Å². The summed E-state index contributed by atoms with van der Waals surface area (Å²) in [6.45, 7) is 6.14. The van der Waals surface area contributed by atoms with Gasteiger partial charge in [0.15, 0.2) is 5.72 Å². The number of aromatic amines is 1. The fourth-order valence-corrected chi connectivity index (χ4v) is 7.22. The normalized spacial score (nSPS) is 24.1.